The van der Waals surface area contributed by atoms with Crippen molar-refractivity contribution < 1.29 is 32.3 Å². The number of primary amides is 1. The number of aromatic nitrogens is 1. The first kappa shape index (κ1) is 26.9. The van der Waals surface area contributed by atoms with Crippen LogP contribution in [-0.2, 0) is 31.1 Å². The topological polar surface area (TPSA) is 134 Å². The number of fused-ring (bicyclic) bond motifs is 2. The van der Waals surface area contributed by atoms with Crippen molar-refractivity contribution in [3.63, 3.8) is 0 Å². The van der Waals surface area contributed by atoms with Gasteiger partial charge in [0.25, 0.3) is 0 Å². The molecule has 0 radical (unpaired) electrons. The van der Waals surface area contributed by atoms with Crippen LogP contribution in [0.5, 0.6) is 0 Å². The molecule has 1 aliphatic heterocycles. The van der Waals surface area contributed by atoms with Crippen molar-refractivity contribution in [2.75, 3.05) is 6.54 Å². The first-order chi connectivity index (χ1) is 16.9. The van der Waals surface area contributed by atoms with Gasteiger partial charge in [0, 0.05) is 24.5 Å². The zero-order valence-corrected chi connectivity index (χ0v) is 21.4. The highest BCUT2D eigenvalue weighted by Gasteiger charge is 2.70. The summed E-state index contributed by atoms with van der Waals surface area (Å²) >= 11 is 0. The number of carbonyl (C=O) groups excluding carboxylic acids is 4. The summed E-state index contributed by atoms with van der Waals surface area (Å²) in [6.07, 6.45) is -1.40. The van der Waals surface area contributed by atoms with E-state index in [1.54, 1.807) is 12.3 Å². The van der Waals surface area contributed by atoms with Gasteiger partial charge in [0.1, 0.15) is 17.6 Å². The Labute approximate surface area is 212 Å². The molecular weight excluding hydrogens is 491 g/mol. The van der Waals surface area contributed by atoms with Crippen molar-refractivity contribution in [1.29, 1.82) is 0 Å². The maximum absolute atomic E-state index is 13.8. The zero-order valence-electron chi connectivity index (χ0n) is 21.4. The number of alkyl halides is 3. The van der Waals surface area contributed by atoms with Crippen LogP contribution in [0, 0.1) is 22.7 Å². The van der Waals surface area contributed by atoms with Gasteiger partial charge in [-0.15, -0.1) is 0 Å². The third kappa shape index (κ3) is 4.33. The number of halogens is 3. The summed E-state index contributed by atoms with van der Waals surface area (Å²) in [7, 11) is 0. The van der Waals surface area contributed by atoms with Crippen molar-refractivity contribution in [3.8, 4) is 0 Å². The van der Waals surface area contributed by atoms with Gasteiger partial charge in [0.15, 0.2) is 0 Å². The van der Waals surface area contributed by atoms with Gasteiger partial charge in [-0.25, -0.2) is 0 Å². The summed E-state index contributed by atoms with van der Waals surface area (Å²) in [5.41, 5.74) is 4.20. The van der Waals surface area contributed by atoms with Gasteiger partial charge in [-0.05, 0) is 47.1 Å². The van der Waals surface area contributed by atoms with E-state index in [9.17, 15) is 32.3 Å². The number of nitrogens with two attached hydrogens (primary N) is 1. The molecule has 2 unspecified atom stereocenters. The smallest absolute Gasteiger partial charge is 0.367 e. The predicted octanol–water partition coefficient (Wildman–Crippen LogP) is 1.40. The lowest BCUT2D eigenvalue weighted by molar-refractivity contribution is -0.176. The number of nitrogens with zero attached hydrogens (tertiary/aromatic N) is 2. The first-order valence-corrected chi connectivity index (χ1v) is 12.2. The number of aryl methyl sites for hydroxylation is 1. The minimum Gasteiger partial charge on any atom is -0.367 e. The molecule has 4 amide bonds. The lowest BCUT2D eigenvalue weighted by Gasteiger charge is -2.39. The summed E-state index contributed by atoms with van der Waals surface area (Å²) in [6, 6.07) is -0.828. The van der Waals surface area contributed by atoms with Gasteiger partial charge < -0.3 is 21.3 Å². The monoisotopic (exact) mass is 523 g/mol. The number of hydrogen-bond acceptors (Lipinski definition) is 5. The molecule has 12 heteroatoms. The summed E-state index contributed by atoms with van der Waals surface area (Å²) in [4.78, 5) is 57.2. The van der Waals surface area contributed by atoms with Gasteiger partial charge in [0.05, 0.1) is 0 Å². The maximum atomic E-state index is 13.8. The van der Waals surface area contributed by atoms with Crippen LogP contribution < -0.4 is 16.4 Å². The van der Waals surface area contributed by atoms with Crippen LogP contribution in [0.3, 0.4) is 0 Å². The molecule has 1 aromatic rings. The standard InChI is InChI=1S/C25H32F3N5O4/c1-22(2,3)17(31-21(37)25(26,27)28)19(35)33-11-14-15(23(14,4)5)16(33)18(34)32-24(20(29)36)8-6-12-7-9-30-10-13(12)24/h7,9-10,14-17H,6,8,11H2,1-5H3,(H2,29,36)(H,31,37)(H,32,34)/t14-,15-,16-,17?,24?/m0/s1. The Hall–Kier alpha value is -3.18. The molecule has 1 aromatic heterocycles. The van der Waals surface area contributed by atoms with Crippen molar-refractivity contribution >= 4 is 23.6 Å². The highest BCUT2D eigenvalue weighted by atomic mass is 19.4. The zero-order chi connectivity index (χ0) is 27.7. The largest absolute Gasteiger partial charge is 0.471 e. The number of carbonyl (C=O) groups is 4. The van der Waals surface area contributed by atoms with Gasteiger partial charge in [0.2, 0.25) is 17.7 Å². The summed E-state index contributed by atoms with van der Waals surface area (Å²) < 4.78 is 39.1. The Morgan fingerprint density at radius 3 is 2.41 bits per heavy atom. The van der Waals surface area contributed by atoms with E-state index in [1.165, 1.54) is 31.9 Å². The van der Waals surface area contributed by atoms with Crippen molar-refractivity contribution in [2.24, 2.45) is 28.4 Å². The van der Waals surface area contributed by atoms with E-state index >= 15 is 0 Å². The lowest BCUT2D eigenvalue weighted by Crippen LogP contribution is -2.63. The molecule has 0 bridgehead atoms. The van der Waals surface area contributed by atoms with Crippen LogP contribution in [0.2, 0.25) is 0 Å². The molecular formula is C25H32F3N5O4. The number of likely N-dealkylation sites (tertiary alicyclic amines) is 1. The normalized spacial score (nSPS) is 28.6. The summed E-state index contributed by atoms with van der Waals surface area (Å²) in [5.74, 6) is -4.72. The Balaban J connectivity index is 1.66. The van der Waals surface area contributed by atoms with Crippen LogP contribution in [0.15, 0.2) is 18.5 Å². The second-order valence-corrected chi connectivity index (χ2v) is 12.0. The lowest BCUT2D eigenvalue weighted by atomic mass is 9.85. The fourth-order valence-corrected chi connectivity index (χ4v) is 6.05. The Kier molecular flexibility index (Phi) is 6.12. The minimum absolute atomic E-state index is 0.0619. The number of pyridine rings is 1. The third-order valence-electron chi connectivity index (χ3n) is 8.30. The second-order valence-electron chi connectivity index (χ2n) is 12.0. The first-order valence-electron chi connectivity index (χ1n) is 12.2. The van der Waals surface area contributed by atoms with E-state index < -0.39 is 52.8 Å². The van der Waals surface area contributed by atoms with E-state index in [4.69, 9.17) is 5.73 Å². The number of hydrogen-bond donors (Lipinski definition) is 3. The van der Waals surface area contributed by atoms with Gasteiger partial charge in [-0.2, -0.15) is 13.2 Å². The number of amides is 4. The molecule has 0 aromatic carbocycles. The molecule has 37 heavy (non-hydrogen) atoms. The molecule has 3 aliphatic rings. The fourth-order valence-electron chi connectivity index (χ4n) is 6.05. The molecule has 4 rings (SSSR count). The molecule has 4 N–H and O–H groups in total. The number of nitrogens with one attached hydrogen (secondary N) is 2. The molecule has 9 nitrogen and oxygen atoms in total. The van der Waals surface area contributed by atoms with Gasteiger partial charge >= 0.3 is 12.1 Å². The van der Waals surface area contributed by atoms with Gasteiger partial charge in [-0.3, -0.25) is 24.2 Å². The second kappa shape index (κ2) is 8.42. The van der Waals surface area contributed by atoms with E-state index in [2.05, 4.69) is 10.3 Å². The predicted molar refractivity (Wildman–Crippen MR) is 125 cm³/mol. The average molecular weight is 524 g/mol. The molecule has 2 heterocycles. The highest BCUT2D eigenvalue weighted by Crippen LogP contribution is 2.65. The molecule has 202 valence electrons. The van der Waals surface area contributed by atoms with E-state index in [1.807, 2.05) is 19.2 Å². The van der Waals surface area contributed by atoms with E-state index in [0.29, 0.717) is 12.0 Å². The number of piperidine rings is 1. The summed E-state index contributed by atoms with van der Waals surface area (Å²) in [6.45, 7) is 8.65. The molecule has 1 saturated carbocycles. The molecule has 0 spiro atoms. The third-order valence-corrected chi connectivity index (χ3v) is 8.30. The SMILES string of the molecule is CC(C)(C)C(NC(=O)C(F)(F)F)C(=O)N1C[C@H]2[C@@H]([C@H]1C(=O)NC1(C(N)=O)CCc3ccncc31)C2(C)C. The summed E-state index contributed by atoms with van der Waals surface area (Å²) in [5, 5.41) is 4.62. The quantitative estimate of drug-likeness (QED) is 0.536. The van der Waals surface area contributed by atoms with Crippen LogP contribution in [0.4, 0.5) is 13.2 Å². The van der Waals surface area contributed by atoms with E-state index in [-0.39, 0.29) is 30.2 Å². The van der Waals surface area contributed by atoms with Crippen molar-refractivity contribution in [3.05, 3.63) is 29.6 Å². The van der Waals surface area contributed by atoms with Crippen LogP contribution >= 0.6 is 0 Å². The fraction of sp³-hybridized carbons (Fsp3) is 0.640. The van der Waals surface area contributed by atoms with Crippen LogP contribution in [-0.4, -0.2) is 58.3 Å². The maximum Gasteiger partial charge on any atom is 0.471 e. The van der Waals surface area contributed by atoms with Crippen molar-refractivity contribution in [1.82, 2.24) is 20.5 Å². The Morgan fingerprint density at radius 1 is 1.19 bits per heavy atom. The molecule has 5 atom stereocenters. The van der Waals surface area contributed by atoms with Crippen LogP contribution in [0.1, 0.15) is 52.2 Å². The minimum atomic E-state index is -5.17. The van der Waals surface area contributed by atoms with E-state index in [0.717, 1.165) is 5.56 Å². The highest BCUT2D eigenvalue weighted by molar-refractivity contribution is 5.98. The molecule has 1 saturated heterocycles. The number of rotatable bonds is 5. The van der Waals surface area contributed by atoms with Crippen LogP contribution in [0.25, 0.3) is 0 Å². The Morgan fingerprint density at radius 2 is 1.84 bits per heavy atom. The van der Waals surface area contributed by atoms with Crippen molar-refractivity contribution in [2.45, 2.75) is 71.3 Å². The Bertz CT molecular complexity index is 1160. The average Bonchev–Trinajstić information content (AvgIpc) is 3.14. The molecule has 2 fully saturated rings. The molecule has 2 aliphatic carbocycles. The van der Waals surface area contributed by atoms with Gasteiger partial charge in [-0.1, -0.05) is 34.6 Å².